The van der Waals surface area contributed by atoms with Crippen LogP contribution in [0.3, 0.4) is 0 Å². The van der Waals surface area contributed by atoms with Crippen molar-refractivity contribution < 1.29 is 19.0 Å². The normalized spacial score (nSPS) is 19.5. The van der Waals surface area contributed by atoms with Crippen LogP contribution in [0.2, 0.25) is 0 Å². The Morgan fingerprint density at radius 1 is 1.58 bits per heavy atom. The van der Waals surface area contributed by atoms with E-state index in [1.165, 1.54) is 6.07 Å². The number of anilines is 2. The summed E-state index contributed by atoms with van der Waals surface area (Å²) in [5.74, 6) is -1.23. The average molecular weight is 269 g/mol. The molecule has 19 heavy (non-hydrogen) atoms. The predicted molar refractivity (Wildman–Crippen MR) is 68.4 cm³/mol. The molecule has 0 spiro atoms. The zero-order valence-electron chi connectivity index (χ0n) is 10.3. The Bertz CT molecular complexity index is 495. The molecular formula is C12H16FN3O3. The molecule has 1 atom stereocenters. The van der Waals surface area contributed by atoms with Crippen molar-refractivity contribution in [2.75, 3.05) is 36.9 Å². The molecule has 0 radical (unpaired) electrons. The first-order valence-corrected chi connectivity index (χ1v) is 5.89. The number of benzene rings is 1. The Kier molecular flexibility index (Phi) is 3.87. The highest BCUT2D eigenvalue weighted by Crippen LogP contribution is 2.26. The Hall–Kier alpha value is -1.86. The largest absolute Gasteiger partial charge is 0.398 e. The van der Waals surface area contributed by atoms with Gasteiger partial charge in [0.25, 0.3) is 5.91 Å². The van der Waals surface area contributed by atoms with Crippen molar-refractivity contribution in [2.24, 2.45) is 5.73 Å². The number of hydrogen-bond donors (Lipinski definition) is 3. The van der Waals surface area contributed by atoms with Crippen LogP contribution < -0.4 is 16.4 Å². The van der Waals surface area contributed by atoms with Crippen LogP contribution in [0, 0.1) is 5.82 Å². The van der Waals surface area contributed by atoms with Gasteiger partial charge in [-0.15, -0.1) is 0 Å². The topological polar surface area (TPSA) is 102 Å². The summed E-state index contributed by atoms with van der Waals surface area (Å²) >= 11 is 0. The Balaban J connectivity index is 2.33. The number of nitrogens with two attached hydrogens (primary N) is 2. The smallest absolute Gasteiger partial charge is 0.250 e. The van der Waals surface area contributed by atoms with Gasteiger partial charge in [0.15, 0.2) is 0 Å². The Labute approximate surface area is 109 Å². The van der Waals surface area contributed by atoms with Crippen LogP contribution in [0.15, 0.2) is 12.1 Å². The summed E-state index contributed by atoms with van der Waals surface area (Å²) in [5.41, 5.74) is 11.1. The number of ether oxygens (including phenoxy) is 1. The van der Waals surface area contributed by atoms with Gasteiger partial charge in [-0.2, -0.15) is 0 Å². The first-order valence-electron chi connectivity index (χ1n) is 5.89. The molecule has 0 aliphatic carbocycles. The van der Waals surface area contributed by atoms with E-state index in [9.17, 15) is 9.18 Å². The number of aliphatic hydroxyl groups is 1. The molecule has 104 valence electrons. The lowest BCUT2D eigenvalue weighted by atomic mass is 10.1. The third-order valence-electron chi connectivity index (χ3n) is 3.07. The molecule has 1 amide bonds. The van der Waals surface area contributed by atoms with E-state index in [4.69, 9.17) is 21.3 Å². The second kappa shape index (κ2) is 5.41. The SMILES string of the molecule is NC(=O)c1cc(N2CCOC(CO)C2)c(F)cc1N. The zero-order valence-corrected chi connectivity index (χ0v) is 10.3. The van der Waals surface area contributed by atoms with Crippen molar-refractivity contribution in [1.29, 1.82) is 0 Å². The van der Waals surface area contributed by atoms with Crippen LogP contribution in [-0.4, -0.2) is 43.4 Å². The lowest BCUT2D eigenvalue weighted by Gasteiger charge is -2.34. The van der Waals surface area contributed by atoms with E-state index in [0.717, 1.165) is 6.07 Å². The second-order valence-corrected chi connectivity index (χ2v) is 4.38. The van der Waals surface area contributed by atoms with Crippen LogP contribution in [0.5, 0.6) is 0 Å². The van der Waals surface area contributed by atoms with Gasteiger partial charge in [0.2, 0.25) is 0 Å². The highest BCUT2D eigenvalue weighted by Gasteiger charge is 2.23. The maximum Gasteiger partial charge on any atom is 0.250 e. The first kappa shape index (κ1) is 13.6. The fourth-order valence-electron chi connectivity index (χ4n) is 2.08. The molecule has 6 nitrogen and oxygen atoms in total. The lowest BCUT2D eigenvalue weighted by Crippen LogP contribution is -2.44. The van der Waals surface area contributed by atoms with Gasteiger partial charge in [0, 0.05) is 18.8 Å². The molecule has 7 heteroatoms. The summed E-state index contributed by atoms with van der Waals surface area (Å²) < 4.78 is 19.2. The van der Waals surface area contributed by atoms with Crippen molar-refractivity contribution in [1.82, 2.24) is 0 Å². The molecule has 0 bridgehead atoms. The van der Waals surface area contributed by atoms with Gasteiger partial charge >= 0.3 is 0 Å². The van der Waals surface area contributed by atoms with Crippen molar-refractivity contribution in [2.45, 2.75) is 6.10 Å². The minimum Gasteiger partial charge on any atom is -0.398 e. The van der Waals surface area contributed by atoms with Gasteiger partial charge in [0.1, 0.15) is 5.82 Å². The van der Waals surface area contributed by atoms with Crippen LogP contribution in [0.1, 0.15) is 10.4 Å². The number of carbonyl (C=O) groups is 1. The quantitative estimate of drug-likeness (QED) is 0.654. The molecule has 1 aromatic carbocycles. The number of primary amides is 1. The summed E-state index contributed by atoms with van der Waals surface area (Å²) in [6.45, 7) is 1.04. The monoisotopic (exact) mass is 269 g/mol. The van der Waals surface area contributed by atoms with E-state index >= 15 is 0 Å². The van der Waals surface area contributed by atoms with E-state index in [0.29, 0.717) is 19.7 Å². The van der Waals surface area contributed by atoms with Gasteiger partial charge in [-0.1, -0.05) is 0 Å². The number of carbonyl (C=O) groups excluding carboxylic acids is 1. The van der Waals surface area contributed by atoms with Crippen molar-refractivity contribution in [3.8, 4) is 0 Å². The minimum atomic E-state index is -0.703. The van der Waals surface area contributed by atoms with Gasteiger partial charge in [0.05, 0.1) is 30.6 Å². The van der Waals surface area contributed by atoms with E-state index in [-0.39, 0.29) is 29.6 Å². The molecule has 1 fully saturated rings. The van der Waals surface area contributed by atoms with Gasteiger partial charge in [-0.05, 0) is 12.1 Å². The molecular weight excluding hydrogens is 253 g/mol. The number of morpholine rings is 1. The van der Waals surface area contributed by atoms with E-state index < -0.39 is 11.7 Å². The molecule has 5 N–H and O–H groups in total. The number of nitrogen functional groups attached to an aromatic ring is 1. The van der Waals surface area contributed by atoms with Gasteiger partial charge in [-0.3, -0.25) is 4.79 Å². The van der Waals surface area contributed by atoms with Crippen molar-refractivity contribution in [3.05, 3.63) is 23.5 Å². The molecule has 1 unspecified atom stereocenters. The summed E-state index contributed by atoms with van der Waals surface area (Å²) in [6, 6.07) is 2.42. The van der Waals surface area contributed by atoms with E-state index in [1.54, 1.807) is 4.90 Å². The molecule has 1 aliphatic rings. The standard InChI is InChI=1S/C12H16FN3O3/c13-9-4-10(14)8(12(15)18)3-11(9)16-1-2-19-7(5-16)6-17/h3-4,7,17H,1-2,5-6,14H2,(H2,15,18). The summed E-state index contributed by atoms with van der Waals surface area (Å²) in [5, 5.41) is 9.07. The maximum atomic E-state index is 13.9. The highest BCUT2D eigenvalue weighted by molar-refractivity contribution is 5.99. The number of aliphatic hydroxyl groups excluding tert-OH is 1. The number of halogens is 1. The zero-order chi connectivity index (χ0) is 14.0. The summed E-state index contributed by atoms with van der Waals surface area (Å²) in [7, 11) is 0. The third kappa shape index (κ3) is 2.77. The summed E-state index contributed by atoms with van der Waals surface area (Å²) in [4.78, 5) is 12.9. The summed E-state index contributed by atoms with van der Waals surface area (Å²) in [6.07, 6.45) is -0.372. The molecule has 1 saturated heterocycles. The lowest BCUT2D eigenvalue weighted by molar-refractivity contribution is 0.00341. The molecule has 0 aromatic heterocycles. The van der Waals surface area contributed by atoms with Crippen LogP contribution in [0.25, 0.3) is 0 Å². The second-order valence-electron chi connectivity index (χ2n) is 4.38. The van der Waals surface area contributed by atoms with Crippen LogP contribution in [0.4, 0.5) is 15.8 Å². The Morgan fingerprint density at radius 3 is 2.95 bits per heavy atom. The Morgan fingerprint density at radius 2 is 2.32 bits per heavy atom. The highest BCUT2D eigenvalue weighted by atomic mass is 19.1. The van der Waals surface area contributed by atoms with Crippen LogP contribution in [-0.2, 0) is 4.74 Å². The van der Waals surface area contributed by atoms with Crippen LogP contribution >= 0.6 is 0 Å². The number of amides is 1. The molecule has 0 saturated carbocycles. The van der Waals surface area contributed by atoms with Crippen molar-refractivity contribution in [3.63, 3.8) is 0 Å². The number of nitrogens with zero attached hydrogens (tertiary/aromatic N) is 1. The molecule has 2 rings (SSSR count). The minimum absolute atomic E-state index is 0.0146. The molecule has 1 aromatic rings. The first-order chi connectivity index (χ1) is 9.02. The van der Waals surface area contributed by atoms with Gasteiger partial charge < -0.3 is 26.2 Å². The van der Waals surface area contributed by atoms with E-state index in [2.05, 4.69) is 0 Å². The molecule has 1 heterocycles. The average Bonchev–Trinajstić information content (AvgIpc) is 2.38. The van der Waals surface area contributed by atoms with E-state index in [1.807, 2.05) is 0 Å². The predicted octanol–water partition coefficient (Wildman–Crippen LogP) is -0.296. The van der Waals surface area contributed by atoms with Gasteiger partial charge in [-0.25, -0.2) is 4.39 Å². The maximum absolute atomic E-state index is 13.9. The fraction of sp³-hybridized carbons (Fsp3) is 0.417. The number of hydrogen-bond acceptors (Lipinski definition) is 5. The molecule has 1 aliphatic heterocycles. The van der Waals surface area contributed by atoms with Crippen molar-refractivity contribution >= 4 is 17.3 Å². The fourth-order valence-corrected chi connectivity index (χ4v) is 2.08. The number of rotatable bonds is 3. The third-order valence-corrected chi connectivity index (χ3v) is 3.07.